The van der Waals surface area contributed by atoms with E-state index < -0.39 is 4.92 Å². The molecule has 0 radical (unpaired) electrons. The Morgan fingerprint density at radius 3 is 3.00 bits per heavy atom. The number of hydrogen-bond acceptors (Lipinski definition) is 8. The molecule has 23 heavy (non-hydrogen) atoms. The van der Waals surface area contributed by atoms with Crippen LogP contribution in [0, 0.1) is 10.1 Å². The lowest BCUT2D eigenvalue weighted by Gasteiger charge is -2.19. The van der Waals surface area contributed by atoms with Crippen molar-refractivity contribution < 1.29 is 14.5 Å². The molecule has 0 bridgehead atoms. The van der Waals surface area contributed by atoms with Crippen molar-refractivity contribution in [1.29, 1.82) is 0 Å². The average Bonchev–Trinajstić information content (AvgIpc) is 3.15. The van der Waals surface area contributed by atoms with Gasteiger partial charge in [-0.2, -0.15) is 0 Å². The summed E-state index contributed by atoms with van der Waals surface area (Å²) in [5.74, 6) is -0.317. The second-order valence-electron chi connectivity index (χ2n) is 5.23. The summed E-state index contributed by atoms with van der Waals surface area (Å²) in [6.07, 6.45) is 2.05. The fourth-order valence-electron chi connectivity index (χ4n) is 2.77. The number of carbonyl (C=O) groups excluding carboxylic acids is 1. The van der Waals surface area contributed by atoms with Crippen LogP contribution in [0.2, 0.25) is 0 Å². The Morgan fingerprint density at radius 1 is 1.43 bits per heavy atom. The summed E-state index contributed by atoms with van der Waals surface area (Å²) in [5, 5.41) is 22.4. The number of nitrogens with zero attached hydrogens (tertiary/aromatic N) is 6. The lowest BCUT2D eigenvalue weighted by Crippen LogP contribution is -2.25. The maximum Gasteiger partial charge on any atom is 0.364 e. The highest BCUT2D eigenvalue weighted by molar-refractivity contribution is 5.66. The Bertz CT molecular complexity index is 746. The van der Waals surface area contributed by atoms with Crippen LogP contribution in [0.3, 0.4) is 0 Å². The molecule has 10 heteroatoms. The van der Waals surface area contributed by atoms with E-state index in [1.165, 1.54) is 23.7 Å². The van der Waals surface area contributed by atoms with Crippen LogP contribution in [-0.2, 0) is 9.53 Å². The predicted molar refractivity (Wildman–Crippen MR) is 76.1 cm³/mol. The smallest absolute Gasteiger partial charge is 0.364 e. The first-order chi connectivity index (χ1) is 11.1. The van der Waals surface area contributed by atoms with Gasteiger partial charge >= 0.3 is 11.8 Å². The number of aromatic nitrogens is 5. The van der Waals surface area contributed by atoms with Gasteiger partial charge in [0, 0.05) is 13.0 Å². The van der Waals surface area contributed by atoms with Crippen molar-refractivity contribution >= 4 is 11.8 Å². The van der Waals surface area contributed by atoms with Crippen molar-refractivity contribution in [1.82, 2.24) is 25.2 Å². The molecule has 120 valence electrons. The summed E-state index contributed by atoms with van der Waals surface area (Å²) in [6, 6.07) is 4.22. The van der Waals surface area contributed by atoms with E-state index in [-0.39, 0.29) is 23.9 Å². The standard InChI is InChI=1S/C13H14N6O4/c1-8(20)23-11-6-3-5-10(11)18-13(15-16-17-18)9-4-2-7-12(14-9)19(21)22/h2,4,7,10-11H,3,5-6H2,1H3/t10-,11-/m0/s1. The van der Waals surface area contributed by atoms with E-state index in [9.17, 15) is 14.9 Å². The first kappa shape index (κ1) is 15.0. The molecule has 1 saturated carbocycles. The van der Waals surface area contributed by atoms with E-state index in [0.29, 0.717) is 11.5 Å². The molecular weight excluding hydrogens is 304 g/mol. The second-order valence-corrected chi connectivity index (χ2v) is 5.23. The minimum atomic E-state index is -0.575. The fraction of sp³-hybridized carbons (Fsp3) is 0.462. The molecular formula is C13H14N6O4. The Hall–Kier alpha value is -2.91. The third-order valence-corrected chi connectivity index (χ3v) is 3.69. The predicted octanol–water partition coefficient (Wildman–Crippen LogP) is 1.30. The minimum Gasteiger partial charge on any atom is -0.460 e. The molecule has 0 saturated heterocycles. The van der Waals surface area contributed by atoms with Crippen LogP contribution in [-0.4, -0.2) is 42.2 Å². The summed E-state index contributed by atoms with van der Waals surface area (Å²) >= 11 is 0. The molecule has 0 aromatic carbocycles. The van der Waals surface area contributed by atoms with Gasteiger partial charge in [-0.15, -0.1) is 5.10 Å². The molecule has 0 unspecified atom stereocenters. The first-order valence-electron chi connectivity index (χ1n) is 7.13. The van der Waals surface area contributed by atoms with Crippen molar-refractivity contribution in [2.24, 2.45) is 0 Å². The van der Waals surface area contributed by atoms with Crippen LogP contribution in [0.1, 0.15) is 32.2 Å². The number of esters is 1. The van der Waals surface area contributed by atoms with E-state index in [1.54, 1.807) is 6.07 Å². The zero-order valence-electron chi connectivity index (χ0n) is 12.3. The number of hydrogen-bond donors (Lipinski definition) is 0. The van der Waals surface area contributed by atoms with Crippen LogP contribution in [0.4, 0.5) is 5.82 Å². The maximum atomic E-state index is 11.2. The van der Waals surface area contributed by atoms with Crippen LogP contribution in [0.15, 0.2) is 18.2 Å². The SMILES string of the molecule is CC(=O)O[C@H]1CCC[C@@H]1n1nnnc1-c1cccc([N+](=O)[O-])n1. The number of tetrazole rings is 1. The topological polar surface area (TPSA) is 126 Å². The highest BCUT2D eigenvalue weighted by Crippen LogP contribution is 2.34. The molecule has 1 fully saturated rings. The van der Waals surface area contributed by atoms with E-state index in [2.05, 4.69) is 20.5 Å². The Kier molecular flexibility index (Phi) is 3.96. The van der Waals surface area contributed by atoms with Gasteiger partial charge in [-0.3, -0.25) is 4.79 Å². The molecule has 1 aliphatic carbocycles. The molecule has 2 atom stereocenters. The zero-order chi connectivity index (χ0) is 16.4. The summed E-state index contributed by atoms with van der Waals surface area (Å²) in [7, 11) is 0. The van der Waals surface area contributed by atoms with Gasteiger partial charge in [0.1, 0.15) is 6.10 Å². The van der Waals surface area contributed by atoms with Crippen LogP contribution in [0.5, 0.6) is 0 Å². The van der Waals surface area contributed by atoms with Gasteiger partial charge in [0.2, 0.25) is 11.5 Å². The summed E-state index contributed by atoms with van der Waals surface area (Å²) in [6.45, 7) is 1.36. The molecule has 0 amide bonds. The lowest BCUT2D eigenvalue weighted by atomic mass is 10.2. The Morgan fingerprint density at radius 2 is 2.26 bits per heavy atom. The highest BCUT2D eigenvalue weighted by Gasteiger charge is 2.35. The van der Waals surface area contributed by atoms with Crippen LogP contribution < -0.4 is 0 Å². The van der Waals surface area contributed by atoms with Crippen LogP contribution in [0.25, 0.3) is 11.5 Å². The highest BCUT2D eigenvalue weighted by atomic mass is 16.6. The molecule has 10 nitrogen and oxygen atoms in total. The summed E-state index contributed by atoms with van der Waals surface area (Å²) in [5.41, 5.74) is 0.303. The average molecular weight is 318 g/mol. The van der Waals surface area contributed by atoms with Gasteiger partial charge in [0.15, 0.2) is 0 Å². The molecule has 2 aromatic rings. The van der Waals surface area contributed by atoms with Gasteiger partial charge < -0.3 is 14.9 Å². The second kappa shape index (κ2) is 6.07. The van der Waals surface area contributed by atoms with Gasteiger partial charge in [0.05, 0.1) is 6.04 Å². The number of carbonyl (C=O) groups is 1. The van der Waals surface area contributed by atoms with Crippen LogP contribution >= 0.6 is 0 Å². The van der Waals surface area contributed by atoms with Gasteiger partial charge in [-0.1, -0.05) is 0 Å². The molecule has 0 aliphatic heterocycles. The number of rotatable bonds is 4. The third-order valence-electron chi connectivity index (χ3n) is 3.69. The van der Waals surface area contributed by atoms with Crippen molar-refractivity contribution in [2.45, 2.75) is 38.3 Å². The van der Waals surface area contributed by atoms with Gasteiger partial charge in [0.25, 0.3) is 0 Å². The first-order valence-corrected chi connectivity index (χ1v) is 7.13. The Labute approximate surface area is 130 Å². The van der Waals surface area contributed by atoms with Crippen molar-refractivity contribution in [3.8, 4) is 11.5 Å². The number of ether oxygens (including phenoxy) is 1. The molecule has 0 N–H and O–H groups in total. The molecule has 2 aromatic heterocycles. The van der Waals surface area contributed by atoms with Crippen molar-refractivity contribution in [3.63, 3.8) is 0 Å². The van der Waals surface area contributed by atoms with Crippen molar-refractivity contribution in [3.05, 3.63) is 28.3 Å². The van der Waals surface area contributed by atoms with E-state index in [0.717, 1.165) is 19.3 Å². The number of nitro groups is 1. The molecule has 1 aliphatic rings. The monoisotopic (exact) mass is 318 g/mol. The Balaban J connectivity index is 1.95. The largest absolute Gasteiger partial charge is 0.460 e. The zero-order valence-corrected chi connectivity index (χ0v) is 12.3. The maximum absolute atomic E-state index is 11.2. The summed E-state index contributed by atoms with van der Waals surface area (Å²) < 4.78 is 6.85. The van der Waals surface area contributed by atoms with E-state index in [1.807, 2.05) is 0 Å². The number of pyridine rings is 1. The van der Waals surface area contributed by atoms with Gasteiger partial charge in [-0.05, 0) is 51.7 Å². The quantitative estimate of drug-likeness (QED) is 0.469. The molecule has 2 heterocycles. The normalized spacial score (nSPS) is 20.4. The van der Waals surface area contributed by atoms with E-state index >= 15 is 0 Å². The lowest BCUT2D eigenvalue weighted by molar-refractivity contribution is -0.389. The molecule has 0 spiro atoms. The molecule has 3 rings (SSSR count). The fourth-order valence-corrected chi connectivity index (χ4v) is 2.77. The minimum absolute atomic E-state index is 0.204. The van der Waals surface area contributed by atoms with E-state index in [4.69, 9.17) is 4.74 Å². The van der Waals surface area contributed by atoms with Crippen molar-refractivity contribution in [2.75, 3.05) is 0 Å². The summed E-state index contributed by atoms with van der Waals surface area (Å²) in [4.78, 5) is 25.5. The third kappa shape index (κ3) is 3.00. The van der Waals surface area contributed by atoms with Gasteiger partial charge in [-0.25, -0.2) is 4.68 Å².